The molecule has 3 rings (SSSR count). The van der Waals surface area contributed by atoms with Crippen LogP contribution in [0.5, 0.6) is 0 Å². The fourth-order valence-electron chi connectivity index (χ4n) is 2.08. The Morgan fingerprint density at radius 2 is 2.25 bits per heavy atom. The van der Waals surface area contributed by atoms with Crippen molar-refractivity contribution in [2.24, 2.45) is 0 Å². The maximum atomic E-state index is 12.2. The van der Waals surface area contributed by atoms with Gasteiger partial charge in [0.2, 0.25) is 5.89 Å². The van der Waals surface area contributed by atoms with Crippen LogP contribution in [0.25, 0.3) is 11.0 Å². The van der Waals surface area contributed by atoms with Crippen molar-refractivity contribution < 1.29 is 18.6 Å². The van der Waals surface area contributed by atoms with Gasteiger partial charge < -0.3 is 24.0 Å². The molecule has 0 saturated carbocycles. The zero-order chi connectivity index (χ0) is 16.9. The summed E-state index contributed by atoms with van der Waals surface area (Å²) >= 11 is 0. The number of methoxy groups -OCH3 is 1. The summed E-state index contributed by atoms with van der Waals surface area (Å²) in [5.74, 6) is 0.917. The molecule has 9 heteroatoms. The molecule has 1 N–H and O–H groups in total. The molecule has 2 amide bonds. The lowest BCUT2D eigenvalue weighted by Gasteiger charge is -2.15. The summed E-state index contributed by atoms with van der Waals surface area (Å²) in [6, 6.07) is 5.01. The first kappa shape index (κ1) is 15.9. The molecule has 3 aromatic rings. The van der Waals surface area contributed by atoms with Crippen molar-refractivity contribution >= 4 is 22.7 Å². The molecule has 0 radical (unpaired) electrons. The van der Waals surface area contributed by atoms with E-state index in [1.54, 1.807) is 32.5 Å². The van der Waals surface area contributed by atoms with Crippen molar-refractivity contribution in [3.63, 3.8) is 0 Å². The van der Waals surface area contributed by atoms with E-state index in [9.17, 15) is 4.79 Å². The Morgan fingerprint density at radius 3 is 3.08 bits per heavy atom. The van der Waals surface area contributed by atoms with Crippen molar-refractivity contribution in [1.29, 1.82) is 0 Å². The number of rotatable bonds is 6. The lowest BCUT2D eigenvalue weighted by molar-refractivity contribution is 0.199. The molecule has 0 fully saturated rings. The van der Waals surface area contributed by atoms with Gasteiger partial charge in [-0.15, -0.1) is 0 Å². The van der Waals surface area contributed by atoms with Gasteiger partial charge in [0.25, 0.3) is 0 Å². The van der Waals surface area contributed by atoms with Crippen LogP contribution in [0.4, 0.5) is 10.5 Å². The van der Waals surface area contributed by atoms with Crippen LogP contribution in [-0.2, 0) is 17.7 Å². The highest BCUT2D eigenvalue weighted by Gasteiger charge is 2.14. The number of benzene rings is 1. The first-order valence-electron chi connectivity index (χ1n) is 7.32. The number of carbonyl (C=O) groups is 1. The summed E-state index contributed by atoms with van der Waals surface area (Å²) in [6.07, 6.45) is 2.18. The van der Waals surface area contributed by atoms with E-state index in [0.29, 0.717) is 36.0 Å². The van der Waals surface area contributed by atoms with E-state index in [4.69, 9.17) is 13.8 Å². The third-order valence-electron chi connectivity index (χ3n) is 3.37. The van der Waals surface area contributed by atoms with E-state index in [0.717, 1.165) is 5.39 Å². The largest absolute Gasteiger partial charge is 0.384 e. The second-order valence-electron chi connectivity index (χ2n) is 5.21. The first-order valence-corrected chi connectivity index (χ1v) is 7.32. The highest BCUT2D eigenvalue weighted by Crippen LogP contribution is 2.18. The quantitative estimate of drug-likeness (QED) is 0.736. The fourth-order valence-corrected chi connectivity index (χ4v) is 2.08. The van der Waals surface area contributed by atoms with Crippen molar-refractivity contribution in [3.8, 4) is 0 Å². The molecule has 0 atom stereocenters. The molecule has 24 heavy (non-hydrogen) atoms. The number of nitrogens with one attached hydrogen (secondary N) is 1. The van der Waals surface area contributed by atoms with Gasteiger partial charge in [-0.05, 0) is 12.1 Å². The minimum Gasteiger partial charge on any atom is -0.384 e. The fraction of sp³-hybridized carbons (Fsp3) is 0.333. The smallest absolute Gasteiger partial charge is 0.322 e. The maximum absolute atomic E-state index is 12.2. The number of hydrogen-bond acceptors (Lipinski definition) is 7. The van der Waals surface area contributed by atoms with Gasteiger partial charge in [0.05, 0.1) is 12.8 Å². The molecular weight excluding hydrogens is 314 g/mol. The van der Waals surface area contributed by atoms with Crippen molar-refractivity contribution in [2.75, 3.05) is 26.1 Å². The Kier molecular flexibility index (Phi) is 4.71. The Hall–Kier alpha value is -2.94. The van der Waals surface area contributed by atoms with Crippen LogP contribution < -0.4 is 5.32 Å². The first-order chi connectivity index (χ1) is 11.7. The number of urea groups is 1. The Bertz CT molecular complexity index is 828. The average Bonchev–Trinajstić information content (AvgIpc) is 3.21. The molecule has 1 aromatic carbocycles. The standard InChI is InChI=1S/C15H17N5O4/c1-20(9-14-18-13(19-24-14)5-6-22-2)15(21)17-11-4-3-10-8-16-23-12(10)7-11/h3-4,7-8H,5-6,9H2,1-2H3,(H,17,21). The maximum Gasteiger partial charge on any atom is 0.322 e. The van der Waals surface area contributed by atoms with Crippen molar-refractivity contribution in [1.82, 2.24) is 20.2 Å². The Labute approximate surface area is 137 Å². The van der Waals surface area contributed by atoms with Gasteiger partial charge in [-0.1, -0.05) is 10.3 Å². The summed E-state index contributed by atoms with van der Waals surface area (Å²) in [7, 11) is 3.25. The third kappa shape index (κ3) is 3.69. The van der Waals surface area contributed by atoms with E-state index < -0.39 is 0 Å². The van der Waals surface area contributed by atoms with Gasteiger partial charge in [0.1, 0.15) is 6.54 Å². The Balaban J connectivity index is 1.58. The normalized spacial score (nSPS) is 10.9. The SMILES string of the molecule is COCCc1noc(CN(C)C(=O)Nc2ccc3cnoc3c2)n1. The zero-order valence-corrected chi connectivity index (χ0v) is 13.4. The highest BCUT2D eigenvalue weighted by atomic mass is 16.5. The second kappa shape index (κ2) is 7.09. The average molecular weight is 331 g/mol. The van der Waals surface area contributed by atoms with Gasteiger partial charge >= 0.3 is 6.03 Å². The van der Waals surface area contributed by atoms with Crippen LogP contribution in [0.1, 0.15) is 11.7 Å². The lowest BCUT2D eigenvalue weighted by Crippen LogP contribution is -2.30. The van der Waals surface area contributed by atoms with E-state index >= 15 is 0 Å². The molecule has 0 spiro atoms. The molecule has 2 aromatic heterocycles. The molecule has 0 aliphatic rings. The molecule has 0 saturated heterocycles. The number of hydrogen-bond donors (Lipinski definition) is 1. The number of carbonyl (C=O) groups excluding carboxylic acids is 1. The molecule has 9 nitrogen and oxygen atoms in total. The number of fused-ring (bicyclic) bond motifs is 1. The summed E-state index contributed by atoms with van der Waals surface area (Å²) in [5, 5.41) is 11.2. The summed E-state index contributed by atoms with van der Waals surface area (Å²) in [6.45, 7) is 0.718. The zero-order valence-electron chi connectivity index (χ0n) is 13.4. The molecule has 2 heterocycles. The molecule has 126 valence electrons. The van der Waals surface area contributed by atoms with Gasteiger partial charge in [-0.3, -0.25) is 0 Å². The summed E-state index contributed by atoms with van der Waals surface area (Å²) < 4.78 is 15.1. The van der Waals surface area contributed by atoms with E-state index in [1.807, 2.05) is 6.07 Å². The minimum absolute atomic E-state index is 0.205. The number of amides is 2. The predicted octanol–water partition coefficient (Wildman–Crippen LogP) is 2.06. The van der Waals surface area contributed by atoms with E-state index in [2.05, 4.69) is 20.6 Å². The summed E-state index contributed by atoms with van der Waals surface area (Å²) in [5.41, 5.74) is 1.22. The van der Waals surface area contributed by atoms with Gasteiger partial charge in [-0.2, -0.15) is 4.98 Å². The molecular formula is C15H17N5O4. The molecule has 0 aliphatic carbocycles. The summed E-state index contributed by atoms with van der Waals surface area (Å²) in [4.78, 5) is 17.9. The van der Waals surface area contributed by atoms with Crippen LogP contribution in [0.3, 0.4) is 0 Å². The monoisotopic (exact) mass is 331 g/mol. The van der Waals surface area contributed by atoms with Crippen LogP contribution >= 0.6 is 0 Å². The minimum atomic E-state index is -0.300. The predicted molar refractivity (Wildman–Crippen MR) is 84.4 cm³/mol. The number of ether oxygens (including phenoxy) is 1. The lowest BCUT2D eigenvalue weighted by atomic mass is 10.2. The second-order valence-corrected chi connectivity index (χ2v) is 5.21. The van der Waals surface area contributed by atoms with Gasteiger partial charge in [0.15, 0.2) is 11.4 Å². The van der Waals surface area contributed by atoms with Crippen molar-refractivity contribution in [2.45, 2.75) is 13.0 Å². The van der Waals surface area contributed by atoms with Crippen LogP contribution in [-0.4, -0.2) is 47.0 Å². The van der Waals surface area contributed by atoms with E-state index in [-0.39, 0.29) is 12.6 Å². The Morgan fingerprint density at radius 1 is 1.38 bits per heavy atom. The van der Waals surface area contributed by atoms with Gasteiger partial charge in [-0.25, -0.2) is 4.79 Å². The van der Waals surface area contributed by atoms with Crippen LogP contribution in [0.15, 0.2) is 33.4 Å². The van der Waals surface area contributed by atoms with Crippen LogP contribution in [0, 0.1) is 0 Å². The van der Waals surface area contributed by atoms with Crippen LogP contribution in [0.2, 0.25) is 0 Å². The molecule has 0 unspecified atom stereocenters. The number of aromatic nitrogens is 3. The molecule has 0 bridgehead atoms. The van der Waals surface area contributed by atoms with E-state index in [1.165, 1.54) is 4.90 Å². The van der Waals surface area contributed by atoms with Gasteiger partial charge in [0, 0.05) is 37.7 Å². The molecule has 0 aliphatic heterocycles. The van der Waals surface area contributed by atoms with Crippen molar-refractivity contribution in [3.05, 3.63) is 36.1 Å². The topological polar surface area (TPSA) is 107 Å². The highest BCUT2D eigenvalue weighted by molar-refractivity contribution is 5.91. The number of anilines is 1. The third-order valence-corrected chi connectivity index (χ3v) is 3.37. The number of nitrogens with zero attached hydrogens (tertiary/aromatic N) is 4.